The van der Waals surface area contributed by atoms with Crippen LogP contribution in [-0.4, -0.2) is 6.04 Å². The third-order valence-corrected chi connectivity index (χ3v) is 2.73. The minimum absolute atomic E-state index is 0.310. The summed E-state index contributed by atoms with van der Waals surface area (Å²) in [4.78, 5) is 0. The fourth-order valence-corrected chi connectivity index (χ4v) is 1.65. The molecule has 1 aromatic carbocycles. The molecule has 0 fully saturated rings. The summed E-state index contributed by atoms with van der Waals surface area (Å²) in [6.45, 7) is 4.30. The first kappa shape index (κ1) is 12.3. The van der Waals surface area contributed by atoms with Gasteiger partial charge in [-0.15, -0.1) is 0 Å². The molecular weight excluding hydrogens is 182 g/mol. The van der Waals surface area contributed by atoms with Gasteiger partial charge in [0.15, 0.2) is 0 Å². The van der Waals surface area contributed by atoms with Crippen LogP contribution in [0.25, 0.3) is 0 Å². The Balaban J connectivity index is 2.41. The van der Waals surface area contributed by atoms with Gasteiger partial charge < -0.3 is 5.73 Å². The van der Waals surface area contributed by atoms with Crippen LogP contribution in [0.3, 0.4) is 0 Å². The zero-order valence-corrected chi connectivity index (χ0v) is 10.00. The van der Waals surface area contributed by atoms with Crippen molar-refractivity contribution >= 4 is 0 Å². The van der Waals surface area contributed by atoms with E-state index in [4.69, 9.17) is 5.73 Å². The molecule has 84 valence electrons. The first-order chi connectivity index (χ1) is 7.22. The van der Waals surface area contributed by atoms with Gasteiger partial charge in [0.2, 0.25) is 0 Å². The second-order valence-corrected chi connectivity index (χ2v) is 4.44. The van der Waals surface area contributed by atoms with Crippen molar-refractivity contribution in [2.75, 3.05) is 0 Å². The molecule has 1 aromatic rings. The predicted octanol–water partition coefficient (Wildman–Crippen LogP) is 3.31. The Bertz CT molecular complexity index is 261. The van der Waals surface area contributed by atoms with Crippen LogP contribution in [-0.2, 0) is 12.8 Å². The molecule has 1 nitrogen and oxygen atoms in total. The Labute approximate surface area is 93.7 Å². The first-order valence-corrected chi connectivity index (χ1v) is 6.05. The Morgan fingerprint density at radius 1 is 1.07 bits per heavy atom. The van der Waals surface area contributed by atoms with Crippen molar-refractivity contribution in [2.24, 2.45) is 5.73 Å². The zero-order chi connectivity index (χ0) is 11.1. The first-order valence-electron chi connectivity index (χ1n) is 6.05. The quantitative estimate of drug-likeness (QED) is 0.757. The highest BCUT2D eigenvalue weighted by molar-refractivity contribution is 5.22. The minimum atomic E-state index is 0.310. The van der Waals surface area contributed by atoms with E-state index in [-0.39, 0.29) is 0 Å². The van der Waals surface area contributed by atoms with E-state index < -0.39 is 0 Å². The Kier molecular flexibility index (Phi) is 5.41. The summed E-state index contributed by atoms with van der Waals surface area (Å²) in [5, 5.41) is 0. The summed E-state index contributed by atoms with van der Waals surface area (Å²) in [6, 6.07) is 9.31. The second kappa shape index (κ2) is 6.62. The minimum Gasteiger partial charge on any atom is -0.328 e. The molecule has 15 heavy (non-hydrogen) atoms. The molecule has 0 aliphatic heterocycles. The molecule has 0 aliphatic carbocycles. The van der Waals surface area contributed by atoms with Crippen molar-refractivity contribution in [3.63, 3.8) is 0 Å². The van der Waals surface area contributed by atoms with Crippen LogP contribution >= 0.6 is 0 Å². The standard InChI is InChI=1S/C14H23N/c1-3-4-5-13-8-10-14(11-9-13)7-6-12(2)15/h8-12H,3-7,15H2,1-2H3. The van der Waals surface area contributed by atoms with Crippen LogP contribution in [0.5, 0.6) is 0 Å². The van der Waals surface area contributed by atoms with Crippen molar-refractivity contribution in [1.29, 1.82) is 0 Å². The van der Waals surface area contributed by atoms with Gasteiger partial charge >= 0.3 is 0 Å². The molecule has 0 saturated heterocycles. The monoisotopic (exact) mass is 205 g/mol. The highest BCUT2D eigenvalue weighted by atomic mass is 14.6. The van der Waals surface area contributed by atoms with Crippen molar-refractivity contribution in [3.8, 4) is 0 Å². The third-order valence-electron chi connectivity index (χ3n) is 2.73. The predicted molar refractivity (Wildman–Crippen MR) is 67.0 cm³/mol. The highest BCUT2D eigenvalue weighted by Gasteiger charge is 1.97. The number of hydrogen-bond donors (Lipinski definition) is 1. The second-order valence-electron chi connectivity index (χ2n) is 4.44. The third kappa shape index (κ3) is 4.98. The van der Waals surface area contributed by atoms with E-state index in [1.54, 1.807) is 0 Å². The lowest BCUT2D eigenvalue weighted by molar-refractivity contribution is 0.666. The molecule has 0 aliphatic rings. The fraction of sp³-hybridized carbons (Fsp3) is 0.571. The summed E-state index contributed by atoms with van der Waals surface area (Å²) in [7, 11) is 0. The van der Waals surface area contributed by atoms with E-state index in [1.807, 2.05) is 0 Å². The molecular formula is C14H23N. The van der Waals surface area contributed by atoms with E-state index in [0.29, 0.717) is 6.04 Å². The molecule has 0 spiro atoms. The number of rotatable bonds is 6. The van der Waals surface area contributed by atoms with Crippen LogP contribution in [0.15, 0.2) is 24.3 Å². The van der Waals surface area contributed by atoms with Crippen molar-refractivity contribution in [2.45, 2.75) is 52.0 Å². The summed E-state index contributed by atoms with van der Waals surface area (Å²) in [5.41, 5.74) is 8.61. The summed E-state index contributed by atoms with van der Waals surface area (Å²) >= 11 is 0. The van der Waals surface area contributed by atoms with E-state index >= 15 is 0 Å². The lowest BCUT2D eigenvalue weighted by Crippen LogP contribution is -2.15. The molecule has 2 N–H and O–H groups in total. The van der Waals surface area contributed by atoms with Crippen LogP contribution in [0.4, 0.5) is 0 Å². The van der Waals surface area contributed by atoms with Gasteiger partial charge in [0, 0.05) is 6.04 Å². The molecule has 1 unspecified atom stereocenters. The molecule has 1 heteroatoms. The zero-order valence-electron chi connectivity index (χ0n) is 10.00. The molecule has 0 amide bonds. The molecule has 0 saturated carbocycles. The largest absolute Gasteiger partial charge is 0.328 e. The molecule has 0 heterocycles. The Morgan fingerprint density at radius 3 is 2.07 bits per heavy atom. The summed E-state index contributed by atoms with van der Waals surface area (Å²) < 4.78 is 0. The van der Waals surface area contributed by atoms with Gasteiger partial charge in [-0.05, 0) is 43.7 Å². The maximum atomic E-state index is 5.74. The van der Waals surface area contributed by atoms with Crippen LogP contribution in [0, 0.1) is 0 Å². The highest BCUT2D eigenvalue weighted by Crippen LogP contribution is 2.09. The van der Waals surface area contributed by atoms with E-state index in [2.05, 4.69) is 38.1 Å². The average molecular weight is 205 g/mol. The molecule has 0 radical (unpaired) electrons. The van der Waals surface area contributed by atoms with Gasteiger partial charge in [-0.25, -0.2) is 0 Å². The van der Waals surface area contributed by atoms with Crippen LogP contribution < -0.4 is 5.73 Å². The van der Waals surface area contributed by atoms with Crippen LogP contribution in [0.2, 0.25) is 0 Å². The lowest BCUT2D eigenvalue weighted by Gasteiger charge is -2.06. The van der Waals surface area contributed by atoms with E-state index in [9.17, 15) is 0 Å². The lowest BCUT2D eigenvalue weighted by atomic mass is 10.0. The van der Waals surface area contributed by atoms with Crippen molar-refractivity contribution in [1.82, 2.24) is 0 Å². The maximum Gasteiger partial charge on any atom is 0.00136 e. The number of benzene rings is 1. The molecule has 0 bridgehead atoms. The van der Waals surface area contributed by atoms with E-state index in [0.717, 1.165) is 12.8 Å². The van der Waals surface area contributed by atoms with Gasteiger partial charge in [0.1, 0.15) is 0 Å². The number of nitrogens with two attached hydrogens (primary N) is 1. The smallest absolute Gasteiger partial charge is 0.00136 e. The van der Waals surface area contributed by atoms with Gasteiger partial charge in [0.25, 0.3) is 0 Å². The molecule has 0 aromatic heterocycles. The Morgan fingerprint density at radius 2 is 1.60 bits per heavy atom. The van der Waals surface area contributed by atoms with Crippen molar-refractivity contribution in [3.05, 3.63) is 35.4 Å². The normalized spacial score (nSPS) is 12.7. The number of hydrogen-bond acceptors (Lipinski definition) is 1. The average Bonchev–Trinajstić information content (AvgIpc) is 2.25. The van der Waals surface area contributed by atoms with Crippen molar-refractivity contribution < 1.29 is 0 Å². The molecule has 1 rings (SSSR count). The Hall–Kier alpha value is -0.820. The summed E-state index contributed by atoms with van der Waals surface area (Å²) in [6.07, 6.45) is 5.95. The number of aryl methyl sites for hydroxylation is 2. The topological polar surface area (TPSA) is 26.0 Å². The van der Waals surface area contributed by atoms with Gasteiger partial charge in [0.05, 0.1) is 0 Å². The van der Waals surface area contributed by atoms with Gasteiger partial charge in [-0.1, -0.05) is 37.6 Å². The van der Waals surface area contributed by atoms with Gasteiger partial charge in [-0.2, -0.15) is 0 Å². The van der Waals surface area contributed by atoms with Crippen LogP contribution in [0.1, 0.15) is 44.2 Å². The maximum absolute atomic E-state index is 5.74. The SMILES string of the molecule is CCCCc1ccc(CCC(C)N)cc1. The fourth-order valence-electron chi connectivity index (χ4n) is 1.65. The molecule has 1 atom stereocenters. The summed E-state index contributed by atoms with van der Waals surface area (Å²) in [5.74, 6) is 0. The van der Waals surface area contributed by atoms with E-state index in [1.165, 1.54) is 30.4 Å². The van der Waals surface area contributed by atoms with Gasteiger partial charge in [-0.3, -0.25) is 0 Å². The number of unbranched alkanes of at least 4 members (excludes halogenated alkanes) is 1.